The molecular formula is C16H26F2O3Si. The molecule has 1 aromatic carbocycles. The van der Waals surface area contributed by atoms with Gasteiger partial charge in [-0.1, -0.05) is 18.9 Å². The Kier molecular flexibility index (Phi) is 8.78. The van der Waals surface area contributed by atoms with Crippen LogP contribution >= 0.6 is 0 Å². The number of hydrogen-bond donors (Lipinski definition) is 0. The molecule has 0 heterocycles. The molecule has 6 heteroatoms. The Morgan fingerprint density at radius 2 is 1.64 bits per heavy atom. The predicted molar refractivity (Wildman–Crippen MR) is 84.7 cm³/mol. The summed E-state index contributed by atoms with van der Waals surface area (Å²) in [7, 11) is 0.794. The topological polar surface area (TPSA) is 27.7 Å². The fraction of sp³-hybridized carbons (Fsp3) is 0.625. The minimum Gasteiger partial charge on any atom is -0.377 e. The fourth-order valence-electron chi connectivity index (χ4n) is 2.42. The van der Waals surface area contributed by atoms with E-state index in [-0.39, 0.29) is 0 Å². The van der Waals surface area contributed by atoms with Crippen molar-refractivity contribution in [1.29, 1.82) is 0 Å². The van der Waals surface area contributed by atoms with Gasteiger partial charge in [-0.05, 0) is 43.9 Å². The summed E-state index contributed by atoms with van der Waals surface area (Å²) < 4.78 is 42.4. The van der Waals surface area contributed by atoms with Crippen molar-refractivity contribution < 1.29 is 22.1 Å². The second-order valence-electron chi connectivity index (χ2n) is 5.19. The van der Waals surface area contributed by atoms with Crippen LogP contribution in [-0.2, 0) is 19.7 Å². The highest BCUT2D eigenvalue weighted by atomic mass is 28.4. The molecule has 0 saturated carbocycles. The lowest BCUT2D eigenvalue weighted by molar-refractivity contribution is 0.103. The first-order valence-corrected chi connectivity index (χ1v) is 9.68. The Hall–Kier alpha value is -0.823. The molecule has 0 spiro atoms. The number of unbranched alkanes of at least 4 members (excludes halogenated alkanes) is 3. The van der Waals surface area contributed by atoms with E-state index in [1.807, 2.05) is 6.92 Å². The van der Waals surface area contributed by atoms with Crippen LogP contribution in [0.15, 0.2) is 18.2 Å². The van der Waals surface area contributed by atoms with Crippen LogP contribution in [0.3, 0.4) is 0 Å². The third kappa shape index (κ3) is 6.12. The van der Waals surface area contributed by atoms with E-state index in [4.69, 9.17) is 13.3 Å². The fourth-order valence-corrected chi connectivity index (χ4v) is 4.49. The highest BCUT2D eigenvalue weighted by molar-refractivity contribution is 6.60. The molecule has 0 aliphatic heterocycles. The molecule has 0 aliphatic carbocycles. The zero-order valence-electron chi connectivity index (χ0n) is 13.7. The molecule has 0 aromatic heterocycles. The van der Waals surface area contributed by atoms with Crippen molar-refractivity contribution in [2.45, 2.75) is 45.1 Å². The summed E-state index contributed by atoms with van der Waals surface area (Å²) in [5, 5.41) is 0. The van der Waals surface area contributed by atoms with Crippen LogP contribution in [-0.4, -0.2) is 29.6 Å². The lowest BCUT2D eigenvalue weighted by Crippen LogP contribution is -2.43. The Balaban J connectivity index is 2.23. The van der Waals surface area contributed by atoms with Crippen molar-refractivity contribution >= 4 is 8.80 Å². The van der Waals surface area contributed by atoms with Gasteiger partial charge in [0, 0.05) is 26.9 Å². The van der Waals surface area contributed by atoms with Crippen LogP contribution in [0.1, 0.15) is 38.2 Å². The average Bonchev–Trinajstić information content (AvgIpc) is 2.53. The normalized spacial score (nSPS) is 11.9. The van der Waals surface area contributed by atoms with Gasteiger partial charge in [-0.3, -0.25) is 0 Å². The quantitative estimate of drug-likeness (QED) is 0.446. The molecule has 3 nitrogen and oxygen atoms in total. The second-order valence-corrected chi connectivity index (χ2v) is 8.16. The molecular weight excluding hydrogens is 306 g/mol. The number of halogens is 2. The highest BCUT2D eigenvalue weighted by Crippen LogP contribution is 2.19. The van der Waals surface area contributed by atoms with Gasteiger partial charge in [0.15, 0.2) is 11.6 Å². The molecule has 0 fully saturated rings. The Bertz CT molecular complexity index is 439. The molecule has 22 heavy (non-hydrogen) atoms. The van der Waals surface area contributed by atoms with Crippen LogP contribution < -0.4 is 0 Å². The van der Waals surface area contributed by atoms with Crippen molar-refractivity contribution in [1.82, 2.24) is 0 Å². The Morgan fingerprint density at radius 1 is 0.955 bits per heavy atom. The molecule has 0 N–H and O–H groups in total. The van der Waals surface area contributed by atoms with E-state index < -0.39 is 20.4 Å². The van der Waals surface area contributed by atoms with Gasteiger partial charge in [-0.2, -0.15) is 0 Å². The summed E-state index contributed by atoms with van der Waals surface area (Å²) in [5.74, 6) is -1.56. The summed E-state index contributed by atoms with van der Waals surface area (Å²) in [6, 6.07) is 4.91. The first-order chi connectivity index (χ1) is 10.6. The Labute approximate surface area is 133 Å². The van der Waals surface area contributed by atoms with E-state index in [1.165, 1.54) is 12.1 Å². The van der Waals surface area contributed by atoms with E-state index in [0.717, 1.165) is 43.7 Å². The molecule has 0 atom stereocenters. The van der Waals surface area contributed by atoms with Gasteiger partial charge in [0.05, 0.1) is 0 Å². The van der Waals surface area contributed by atoms with Gasteiger partial charge >= 0.3 is 8.80 Å². The summed E-state index contributed by atoms with van der Waals surface area (Å²) in [6.07, 6.45) is 4.76. The van der Waals surface area contributed by atoms with E-state index >= 15 is 0 Å². The van der Waals surface area contributed by atoms with E-state index in [9.17, 15) is 8.78 Å². The molecule has 0 radical (unpaired) electrons. The predicted octanol–water partition coefficient (Wildman–Crippen LogP) is 4.34. The third-order valence-electron chi connectivity index (χ3n) is 3.67. The maximum Gasteiger partial charge on any atom is 0.500 e. The maximum atomic E-state index is 13.1. The van der Waals surface area contributed by atoms with Gasteiger partial charge in [0.2, 0.25) is 0 Å². The lowest BCUT2D eigenvalue weighted by Gasteiger charge is -2.25. The summed E-state index contributed by atoms with van der Waals surface area (Å²) in [5.41, 5.74) is 0.839. The van der Waals surface area contributed by atoms with E-state index in [2.05, 4.69) is 0 Å². The van der Waals surface area contributed by atoms with Crippen molar-refractivity contribution in [3.05, 3.63) is 35.4 Å². The second kappa shape index (κ2) is 10.0. The maximum absolute atomic E-state index is 13.1. The van der Waals surface area contributed by atoms with Gasteiger partial charge < -0.3 is 13.3 Å². The van der Waals surface area contributed by atoms with Crippen molar-refractivity contribution in [3.8, 4) is 0 Å². The van der Waals surface area contributed by atoms with E-state index in [1.54, 1.807) is 20.3 Å². The van der Waals surface area contributed by atoms with E-state index in [0.29, 0.717) is 6.61 Å². The zero-order valence-corrected chi connectivity index (χ0v) is 14.7. The van der Waals surface area contributed by atoms with Crippen LogP contribution in [0.2, 0.25) is 6.04 Å². The monoisotopic (exact) mass is 332 g/mol. The van der Waals surface area contributed by atoms with Crippen molar-refractivity contribution in [2.75, 3.05) is 20.8 Å². The van der Waals surface area contributed by atoms with Crippen LogP contribution in [0.5, 0.6) is 0 Å². The number of benzene rings is 1. The van der Waals surface area contributed by atoms with Crippen LogP contribution in [0.4, 0.5) is 8.78 Å². The van der Waals surface area contributed by atoms with Gasteiger partial charge in [0.25, 0.3) is 0 Å². The summed E-state index contributed by atoms with van der Waals surface area (Å²) in [4.78, 5) is 0. The molecule has 126 valence electrons. The van der Waals surface area contributed by atoms with Crippen molar-refractivity contribution in [3.63, 3.8) is 0 Å². The molecule has 0 saturated heterocycles. The number of aryl methyl sites for hydroxylation is 1. The number of hydrogen-bond acceptors (Lipinski definition) is 3. The first kappa shape index (κ1) is 19.2. The molecule has 0 bridgehead atoms. The smallest absolute Gasteiger partial charge is 0.377 e. The molecule has 0 unspecified atom stereocenters. The SMILES string of the molecule is CCO[Si](CCCCCCc1ccc(F)c(F)c1)(OC)OC. The van der Waals surface area contributed by atoms with Crippen LogP contribution in [0.25, 0.3) is 0 Å². The average molecular weight is 332 g/mol. The minimum atomic E-state index is -2.47. The largest absolute Gasteiger partial charge is 0.500 e. The van der Waals surface area contributed by atoms with Crippen LogP contribution in [0, 0.1) is 11.6 Å². The molecule has 1 aromatic rings. The third-order valence-corrected chi connectivity index (χ3v) is 6.61. The van der Waals surface area contributed by atoms with Crippen molar-refractivity contribution in [2.24, 2.45) is 0 Å². The standard InChI is InChI=1S/C16H26F2O3Si/c1-4-21-22(19-2,20-3)12-8-6-5-7-9-14-10-11-15(17)16(18)13-14/h10-11,13H,4-9,12H2,1-3H3. The minimum absolute atomic E-state index is 0.587. The summed E-state index contributed by atoms with van der Waals surface area (Å²) >= 11 is 0. The lowest BCUT2D eigenvalue weighted by atomic mass is 10.1. The molecule has 1 rings (SSSR count). The van der Waals surface area contributed by atoms with Gasteiger partial charge in [0.1, 0.15) is 0 Å². The summed E-state index contributed by atoms with van der Waals surface area (Å²) in [6.45, 7) is 2.52. The number of rotatable bonds is 11. The molecule has 0 amide bonds. The zero-order chi connectivity index (χ0) is 16.4. The Morgan fingerprint density at radius 3 is 2.23 bits per heavy atom. The molecule has 0 aliphatic rings. The van der Waals surface area contributed by atoms with Gasteiger partial charge in [-0.15, -0.1) is 0 Å². The first-order valence-electron chi connectivity index (χ1n) is 7.75. The highest BCUT2D eigenvalue weighted by Gasteiger charge is 2.37. The van der Waals surface area contributed by atoms with Gasteiger partial charge in [-0.25, -0.2) is 8.78 Å².